The van der Waals surface area contributed by atoms with E-state index < -0.39 is 6.04 Å². The lowest BCUT2D eigenvalue weighted by molar-refractivity contribution is -0.148. The fourth-order valence-corrected chi connectivity index (χ4v) is 6.36. The summed E-state index contributed by atoms with van der Waals surface area (Å²) in [6.07, 6.45) is 7.96. The molecule has 5 rings (SSSR count). The summed E-state index contributed by atoms with van der Waals surface area (Å²) in [6, 6.07) is 9.17. The van der Waals surface area contributed by atoms with Crippen LogP contribution in [0, 0.1) is 23.2 Å². The molecule has 6 heteroatoms. The number of amides is 3. The molecule has 4 aliphatic carbocycles. The number of nitrogens with two attached hydrogens (primary N) is 1. The summed E-state index contributed by atoms with van der Waals surface area (Å²) in [4.78, 5) is 37.3. The van der Waals surface area contributed by atoms with Crippen LogP contribution in [-0.4, -0.2) is 30.3 Å². The molecule has 1 unspecified atom stereocenters. The molecule has 1 aromatic carbocycles. The van der Waals surface area contributed by atoms with Crippen molar-refractivity contribution in [3.05, 3.63) is 35.9 Å². The molecule has 3 amide bonds. The fraction of sp³-hybridized carbons (Fsp3) is 0.625. The van der Waals surface area contributed by atoms with E-state index in [4.69, 9.17) is 5.73 Å². The number of rotatable bonds is 9. The Morgan fingerprint density at radius 2 is 1.60 bits per heavy atom. The Hall–Kier alpha value is -2.37. The smallest absolute Gasteiger partial charge is 0.242 e. The molecule has 0 saturated heterocycles. The number of hydrogen-bond acceptors (Lipinski definition) is 3. The molecule has 0 aliphatic heterocycles. The van der Waals surface area contributed by atoms with E-state index in [1.54, 1.807) is 0 Å². The van der Waals surface area contributed by atoms with Crippen LogP contribution in [0.1, 0.15) is 56.9 Å². The molecule has 162 valence electrons. The minimum Gasteiger partial charge on any atom is -0.370 e. The highest BCUT2D eigenvalue weighted by Crippen LogP contribution is 2.60. The second-order valence-corrected chi connectivity index (χ2v) is 9.77. The van der Waals surface area contributed by atoms with Crippen molar-refractivity contribution in [1.29, 1.82) is 0 Å². The van der Waals surface area contributed by atoms with E-state index in [9.17, 15) is 14.4 Å². The van der Waals surface area contributed by atoms with Crippen molar-refractivity contribution in [3.63, 3.8) is 0 Å². The summed E-state index contributed by atoms with van der Waals surface area (Å²) in [5.74, 6) is 1.53. The lowest BCUT2D eigenvalue weighted by Gasteiger charge is -2.55. The average Bonchev–Trinajstić information content (AvgIpc) is 2.70. The van der Waals surface area contributed by atoms with Gasteiger partial charge in [-0.25, -0.2) is 0 Å². The van der Waals surface area contributed by atoms with E-state index in [0.717, 1.165) is 24.8 Å². The first kappa shape index (κ1) is 20.9. The van der Waals surface area contributed by atoms with Crippen LogP contribution < -0.4 is 16.4 Å². The number of hydrogen-bond donors (Lipinski definition) is 3. The average molecular weight is 412 g/mol. The normalized spacial score (nSPS) is 29.9. The zero-order chi connectivity index (χ0) is 21.1. The summed E-state index contributed by atoms with van der Waals surface area (Å²) in [5.41, 5.74) is 5.91. The topological polar surface area (TPSA) is 101 Å². The minimum absolute atomic E-state index is 0.0646. The summed E-state index contributed by atoms with van der Waals surface area (Å²) < 4.78 is 0. The molecule has 4 fully saturated rings. The Morgan fingerprint density at radius 3 is 2.17 bits per heavy atom. The van der Waals surface area contributed by atoms with Gasteiger partial charge >= 0.3 is 0 Å². The molecule has 4 saturated carbocycles. The highest BCUT2D eigenvalue weighted by atomic mass is 16.2. The summed E-state index contributed by atoms with van der Waals surface area (Å²) >= 11 is 0. The van der Waals surface area contributed by atoms with Crippen LogP contribution in [0.2, 0.25) is 0 Å². The highest BCUT2D eigenvalue weighted by molar-refractivity contribution is 5.90. The van der Waals surface area contributed by atoms with Crippen LogP contribution in [0.15, 0.2) is 30.3 Å². The monoisotopic (exact) mass is 411 g/mol. The number of benzene rings is 1. The molecular formula is C24H33N3O3. The maximum atomic E-state index is 13.5. The van der Waals surface area contributed by atoms with Crippen molar-refractivity contribution in [2.75, 3.05) is 6.54 Å². The molecule has 0 radical (unpaired) electrons. The summed E-state index contributed by atoms with van der Waals surface area (Å²) in [7, 11) is 0. The molecule has 4 aliphatic rings. The van der Waals surface area contributed by atoms with Gasteiger partial charge in [-0.05, 0) is 68.3 Å². The zero-order valence-corrected chi connectivity index (χ0v) is 17.6. The van der Waals surface area contributed by atoms with Crippen molar-refractivity contribution in [3.8, 4) is 0 Å². The molecule has 6 nitrogen and oxygen atoms in total. The van der Waals surface area contributed by atoms with E-state index in [2.05, 4.69) is 10.6 Å². The van der Waals surface area contributed by atoms with Gasteiger partial charge in [-0.2, -0.15) is 0 Å². The third kappa shape index (κ3) is 4.68. The van der Waals surface area contributed by atoms with E-state index in [1.807, 2.05) is 30.3 Å². The Morgan fingerprint density at radius 1 is 1.00 bits per heavy atom. The van der Waals surface area contributed by atoms with Gasteiger partial charge in [0.2, 0.25) is 17.7 Å². The lowest BCUT2D eigenvalue weighted by atomic mass is 9.49. The molecule has 1 aromatic rings. The van der Waals surface area contributed by atoms with Crippen LogP contribution in [0.25, 0.3) is 0 Å². The van der Waals surface area contributed by atoms with Crippen LogP contribution in [0.4, 0.5) is 0 Å². The first-order chi connectivity index (χ1) is 14.4. The molecular weight excluding hydrogens is 378 g/mol. The van der Waals surface area contributed by atoms with Gasteiger partial charge in [0.25, 0.3) is 0 Å². The molecule has 0 heterocycles. The van der Waals surface area contributed by atoms with Crippen LogP contribution in [0.5, 0.6) is 0 Å². The molecule has 0 aromatic heterocycles. The molecule has 0 spiro atoms. The van der Waals surface area contributed by atoms with Gasteiger partial charge < -0.3 is 16.4 Å². The third-order valence-corrected chi connectivity index (χ3v) is 7.32. The Labute approximate surface area is 178 Å². The zero-order valence-electron chi connectivity index (χ0n) is 17.6. The number of carbonyl (C=O) groups is 3. The van der Waals surface area contributed by atoms with Gasteiger partial charge in [-0.1, -0.05) is 30.3 Å². The maximum Gasteiger partial charge on any atom is 0.242 e. The van der Waals surface area contributed by atoms with E-state index in [1.165, 1.54) is 19.3 Å². The molecule has 4 bridgehead atoms. The van der Waals surface area contributed by atoms with Crippen molar-refractivity contribution in [2.45, 2.75) is 63.8 Å². The van der Waals surface area contributed by atoms with Gasteiger partial charge in [0.15, 0.2) is 0 Å². The first-order valence-corrected chi connectivity index (χ1v) is 11.3. The van der Waals surface area contributed by atoms with Crippen LogP contribution >= 0.6 is 0 Å². The standard InChI is InChI=1S/C24H33N3O3/c25-21(28)7-4-8-26-22(29)20(12-16-5-2-1-3-6-16)27-23(30)24-13-17-9-18(14-24)11-19(10-17)15-24/h1-3,5-6,17-20H,4,7-15H2,(H2,25,28)(H,26,29)(H,27,30). The quantitative estimate of drug-likeness (QED) is 0.544. The number of nitrogens with one attached hydrogen (secondary N) is 2. The van der Waals surface area contributed by atoms with Gasteiger partial charge in [0.05, 0.1) is 0 Å². The van der Waals surface area contributed by atoms with Crippen molar-refractivity contribution < 1.29 is 14.4 Å². The SMILES string of the molecule is NC(=O)CCCNC(=O)C(Cc1ccccc1)NC(=O)C12CC3CC(CC(C3)C1)C2. The fourth-order valence-electron chi connectivity index (χ4n) is 6.36. The maximum absolute atomic E-state index is 13.5. The van der Waals surface area contributed by atoms with Crippen molar-refractivity contribution >= 4 is 17.7 Å². The van der Waals surface area contributed by atoms with Gasteiger partial charge in [-0.15, -0.1) is 0 Å². The summed E-state index contributed by atoms with van der Waals surface area (Å²) in [5, 5.41) is 6.01. The Kier molecular flexibility index (Phi) is 6.11. The molecule has 1 atom stereocenters. The van der Waals surface area contributed by atoms with Gasteiger partial charge in [0.1, 0.15) is 6.04 Å². The molecule has 30 heavy (non-hydrogen) atoms. The van der Waals surface area contributed by atoms with Crippen molar-refractivity contribution in [1.82, 2.24) is 10.6 Å². The Bertz CT molecular complexity index is 757. The second-order valence-electron chi connectivity index (χ2n) is 9.77. The second kappa shape index (κ2) is 8.78. The largest absolute Gasteiger partial charge is 0.370 e. The number of primary amides is 1. The highest BCUT2D eigenvalue weighted by Gasteiger charge is 2.54. The van der Waals surface area contributed by atoms with Crippen LogP contribution in [-0.2, 0) is 20.8 Å². The summed E-state index contributed by atoms with van der Waals surface area (Å²) in [6.45, 7) is 0.375. The van der Waals surface area contributed by atoms with Gasteiger partial charge in [0, 0.05) is 24.8 Å². The predicted octanol–water partition coefficient (Wildman–Crippen LogP) is 2.31. The number of carbonyl (C=O) groups excluding carboxylic acids is 3. The lowest BCUT2D eigenvalue weighted by Crippen LogP contribution is -2.57. The minimum atomic E-state index is -0.610. The Balaban J connectivity index is 1.43. The van der Waals surface area contributed by atoms with Crippen LogP contribution in [0.3, 0.4) is 0 Å². The molecule has 4 N–H and O–H groups in total. The van der Waals surface area contributed by atoms with E-state index in [-0.39, 0.29) is 29.6 Å². The van der Waals surface area contributed by atoms with E-state index in [0.29, 0.717) is 37.1 Å². The van der Waals surface area contributed by atoms with Crippen molar-refractivity contribution in [2.24, 2.45) is 28.9 Å². The first-order valence-electron chi connectivity index (χ1n) is 11.3. The van der Waals surface area contributed by atoms with E-state index >= 15 is 0 Å². The third-order valence-electron chi connectivity index (χ3n) is 7.32. The van der Waals surface area contributed by atoms with Gasteiger partial charge in [-0.3, -0.25) is 14.4 Å². The predicted molar refractivity (Wildman–Crippen MR) is 114 cm³/mol.